The van der Waals surface area contributed by atoms with Crippen molar-refractivity contribution >= 4 is 5.65 Å². The van der Waals surface area contributed by atoms with E-state index in [2.05, 4.69) is 16.3 Å². The average molecular weight is 264 g/mol. The SMILES string of the molecule is N#Cc1ccc2nnc(CCOc3ccccc3)n2c1. The lowest BCUT2D eigenvalue weighted by molar-refractivity contribution is 0.318. The molecule has 3 rings (SSSR count). The van der Waals surface area contributed by atoms with Crippen LogP contribution < -0.4 is 4.74 Å². The summed E-state index contributed by atoms with van der Waals surface area (Å²) in [7, 11) is 0. The molecule has 0 aliphatic rings. The van der Waals surface area contributed by atoms with Gasteiger partial charge in [0.25, 0.3) is 0 Å². The number of para-hydroxylation sites is 1. The van der Waals surface area contributed by atoms with Gasteiger partial charge in [-0.1, -0.05) is 18.2 Å². The number of rotatable bonds is 4. The number of pyridine rings is 1. The van der Waals surface area contributed by atoms with Crippen LogP contribution in [0.1, 0.15) is 11.4 Å². The second kappa shape index (κ2) is 5.41. The standard InChI is InChI=1S/C15H12N4O/c16-10-12-6-7-14-17-18-15(19(14)11-12)8-9-20-13-4-2-1-3-5-13/h1-7,11H,8-9H2. The van der Waals surface area contributed by atoms with E-state index < -0.39 is 0 Å². The minimum Gasteiger partial charge on any atom is -0.493 e. The Morgan fingerprint density at radius 3 is 2.75 bits per heavy atom. The molecule has 0 amide bonds. The molecule has 2 aromatic heterocycles. The van der Waals surface area contributed by atoms with E-state index in [-0.39, 0.29) is 0 Å². The summed E-state index contributed by atoms with van der Waals surface area (Å²) in [5.74, 6) is 1.62. The largest absolute Gasteiger partial charge is 0.493 e. The molecule has 0 aliphatic carbocycles. The zero-order valence-electron chi connectivity index (χ0n) is 10.7. The summed E-state index contributed by atoms with van der Waals surface area (Å²) in [6.07, 6.45) is 2.37. The van der Waals surface area contributed by atoms with Gasteiger partial charge in [0.15, 0.2) is 5.65 Å². The van der Waals surface area contributed by atoms with Crippen molar-refractivity contribution in [2.24, 2.45) is 0 Å². The van der Waals surface area contributed by atoms with Crippen molar-refractivity contribution in [3.63, 3.8) is 0 Å². The Bertz CT molecular complexity index is 758. The highest BCUT2D eigenvalue weighted by molar-refractivity contribution is 5.42. The number of fused-ring (bicyclic) bond motifs is 1. The molecule has 98 valence electrons. The maximum Gasteiger partial charge on any atom is 0.160 e. The van der Waals surface area contributed by atoms with Crippen LogP contribution in [-0.2, 0) is 6.42 Å². The fourth-order valence-electron chi connectivity index (χ4n) is 1.95. The lowest BCUT2D eigenvalue weighted by atomic mass is 10.3. The van der Waals surface area contributed by atoms with Gasteiger partial charge in [-0.25, -0.2) is 0 Å². The lowest BCUT2D eigenvalue weighted by Gasteiger charge is -2.04. The van der Waals surface area contributed by atoms with Gasteiger partial charge in [-0.05, 0) is 24.3 Å². The Morgan fingerprint density at radius 2 is 1.95 bits per heavy atom. The lowest BCUT2D eigenvalue weighted by Crippen LogP contribution is -2.05. The summed E-state index contributed by atoms with van der Waals surface area (Å²) in [5.41, 5.74) is 1.32. The molecule has 0 bridgehead atoms. The van der Waals surface area contributed by atoms with E-state index in [0.29, 0.717) is 18.6 Å². The zero-order valence-corrected chi connectivity index (χ0v) is 10.7. The second-order valence-electron chi connectivity index (χ2n) is 4.29. The molecule has 20 heavy (non-hydrogen) atoms. The molecule has 0 aliphatic heterocycles. The van der Waals surface area contributed by atoms with Crippen molar-refractivity contribution in [2.45, 2.75) is 6.42 Å². The molecule has 0 N–H and O–H groups in total. The maximum atomic E-state index is 8.92. The molecule has 2 heterocycles. The molecule has 0 saturated heterocycles. The Morgan fingerprint density at radius 1 is 1.10 bits per heavy atom. The highest BCUT2D eigenvalue weighted by Crippen LogP contribution is 2.10. The minimum absolute atomic E-state index is 0.515. The van der Waals surface area contributed by atoms with Gasteiger partial charge < -0.3 is 4.74 Å². The molecule has 5 nitrogen and oxygen atoms in total. The van der Waals surface area contributed by atoms with Gasteiger partial charge >= 0.3 is 0 Å². The average Bonchev–Trinajstić information content (AvgIpc) is 2.91. The van der Waals surface area contributed by atoms with Gasteiger partial charge in [0.2, 0.25) is 0 Å². The van der Waals surface area contributed by atoms with E-state index in [4.69, 9.17) is 10.00 Å². The second-order valence-corrected chi connectivity index (χ2v) is 4.29. The predicted octanol–water partition coefficient (Wildman–Crippen LogP) is 2.22. The van der Waals surface area contributed by atoms with E-state index in [0.717, 1.165) is 17.2 Å². The molecule has 0 unspecified atom stereocenters. The molecule has 0 spiro atoms. The third kappa shape index (κ3) is 2.45. The van der Waals surface area contributed by atoms with Crippen LogP contribution in [0.5, 0.6) is 5.75 Å². The summed E-state index contributed by atoms with van der Waals surface area (Å²) >= 11 is 0. The van der Waals surface area contributed by atoms with Crippen molar-refractivity contribution in [1.82, 2.24) is 14.6 Å². The Balaban J connectivity index is 1.73. The molecule has 0 saturated carbocycles. The van der Waals surface area contributed by atoms with Crippen molar-refractivity contribution < 1.29 is 4.74 Å². The molecule has 1 aromatic carbocycles. The van der Waals surface area contributed by atoms with E-state index in [1.54, 1.807) is 18.3 Å². The summed E-state index contributed by atoms with van der Waals surface area (Å²) in [6, 6.07) is 15.3. The van der Waals surface area contributed by atoms with Crippen LogP contribution in [0.4, 0.5) is 0 Å². The molecular formula is C15H12N4O. The maximum absolute atomic E-state index is 8.92. The number of nitriles is 1. The number of aromatic nitrogens is 3. The summed E-state index contributed by atoms with van der Waals surface area (Å²) in [5, 5.41) is 17.1. The van der Waals surface area contributed by atoms with Crippen molar-refractivity contribution in [3.8, 4) is 11.8 Å². The monoisotopic (exact) mass is 264 g/mol. The van der Waals surface area contributed by atoms with Crippen molar-refractivity contribution in [1.29, 1.82) is 5.26 Å². The van der Waals surface area contributed by atoms with Crippen LogP contribution in [0, 0.1) is 11.3 Å². The normalized spacial score (nSPS) is 10.3. The van der Waals surface area contributed by atoms with Gasteiger partial charge in [-0.3, -0.25) is 4.40 Å². The highest BCUT2D eigenvalue weighted by Gasteiger charge is 2.06. The zero-order chi connectivity index (χ0) is 13.8. The van der Waals surface area contributed by atoms with E-state index in [1.165, 1.54) is 0 Å². The van der Waals surface area contributed by atoms with Crippen LogP contribution in [0.15, 0.2) is 48.7 Å². The number of nitrogens with zero attached hydrogens (tertiary/aromatic N) is 4. The van der Waals surface area contributed by atoms with E-state index in [1.807, 2.05) is 34.7 Å². The predicted molar refractivity (Wildman–Crippen MR) is 73.3 cm³/mol. The minimum atomic E-state index is 0.515. The first kappa shape index (κ1) is 12.2. The highest BCUT2D eigenvalue weighted by atomic mass is 16.5. The Labute approximate surface area is 116 Å². The van der Waals surface area contributed by atoms with Gasteiger partial charge in [0.05, 0.1) is 12.2 Å². The summed E-state index contributed by atoms with van der Waals surface area (Å²) in [4.78, 5) is 0. The number of hydrogen-bond acceptors (Lipinski definition) is 4. The third-order valence-corrected chi connectivity index (χ3v) is 2.94. The molecule has 3 aromatic rings. The molecule has 0 fully saturated rings. The number of benzene rings is 1. The van der Waals surface area contributed by atoms with E-state index >= 15 is 0 Å². The first-order chi connectivity index (χ1) is 9.86. The smallest absolute Gasteiger partial charge is 0.160 e. The fraction of sp³-hybridized carbons (Fsp3) is 0.133. The number of hydrogen-bond donors (Lipinski definition) is 0. The molecular weight excluding hydrogens is 252 g/mol. The molecule has 0 atom stereocenters. The first-order valence-electron chi connectivity index (χ1n) is 6.28. The first-order valence-corrected chi connectivity index (χ1v) is 6.28. The van der Waals surface area contributed by atoms with Gasteiger partial charge in [-0.15, -0.1) is 10.2 Å². The summed E-state index contributed by atoms with van der Waals surface area (Å²) in [6.45, 7) is 0.515. The summed E-state index contributed by atoms with van der Waals surface area (Å²) < 4.78 is 7.46. The quantitative estimate of drug-likeness (QED) is 0.724. The van der Waals surface area contributed by atoms with Crippen LogP contribution in [0.3, 0.4) is 0 Å². The van der Waals surface area contributed by atoms with Crippen LogP contribution in [0.2, 0.25) is 0 Å². The fourth-order valence-corrected chi connectivity index (χ4v) is 1.95. The third-order valence-electron chi connectivity index (χ3n) is 2.94. The Kier molecular flexibility index (Phi) is 3.29. The molecule has 5 heteroatoms. The van der Waals surface area contributed by atoms with Crippen molar-refractivity contribution in [3.05, 3.63) is 60.0 Å². The van der Waals surface area contributed by atoms with Gasteiger partial charge in [-0.2, -0.15) is 5.26 Å². The van der Waals surface area contributed by atoms with Crippen molar-refractivity contribution in [2.75, 3.05) is 6.61 Å². The van der Waals surface area contributed by atoms with Crippen LogP contribution in [-0.4, -0.2) is 21.2 Å². The topological polar surface area (TPSA) is 63.2 Å². The number of ether oxygens (including phenoxy) is 1. The van der Waals surface area contributed by atoms with Crippen LogP contribution in [0.25, 0.3) is 5.65 Å². The van der Waals surface area contributed by atoms with Gasteiger partial charge in [0.1, 0.15) is 17.6 Å². The van der Waals surface area contributed by atoms with Gasteiger partial charge in [0, 0.05) is 12.6 Å². The Hall–Kier alpha value is -2.87. The van der Waals surface area contributed by atoms with E-state index in [9.17, 15) is 0 Å². The van der Waals surface area contributed by atoms with Crippen LogP contribution >= 0.6 is 0 Å². The molecule has 0 radical (unpaired) electrons.